The molecule has 0 radical (unpaired) electrons. The average molecular weight is 437 g/mol. The molecule has 0 spiro atoms. The summed E-state index contributed by atoms with van der Waals surface area (Å²) < 4.78 is 46.4. The lowest BCUT2D eigenvalue weighted by atomic mass is 10.3. The molecule has 1 heterocycles. The SMILES string of the molecule is COc1cc([N+](=O)[O-])ccc1S(=O)(=O)N(Cc1csc(C)n1)c1ccc(F)cc1. The Bertz CT molecular complexity index is 1150. The molecule has 11 heteroatoms. The van der Waals surface area contributed by atoms with Gasteiger partial charge in [-0.2, -0.15) is 0 Å². The number of benzene rings is 2. The Balaban J connectivity index is 2.13. The van der Waals surface area contributed by atoms with Gasteiger partial charge in [-0.25, -0.2) is 17.8 Å². The number of methoxy groups -OCH3 is 1. The first-order valence-corrected chi connectivity index (χ1v) is 10.6. The quantitative estimate of drug-likeness (QED) is 0.410. The van der Waals surface area contributed by atoms with Crippen molar-refractivity contribution in [1.82, 2.24) is 4.98 Å². The molecule has 0 unspecified atom stereocenters. The van der Waals surface area contributed by atoms with E-state index < -0.39 is 20.8 Å². The lowest BCUT2D eigenvalue weighted by Gasteiger charge is -2.24. The molecule has 0 saturated carbocycles. The molecule has 0 N–H and O–H groups in total. The minimum absolute atomic E-state index is 0.0988. The van der Waals surface area contributed by atoms with Crippen LogP contribution in [0.1, 0.15) is 10.7 Å². The third-order valence-electron chi connectivity index (χ3n) is 4.01. The van der Waals surface area contributed by atoms with E-state index in [0.29, 0.717) is 5.69 Å². The molecule has 8 nitrogen and oxygen atoms in total. The lowest BCUT2D eigenvalue weighted by Crippen LogP contribution is -2.31. The van der Waals surface area contributed by atoms with E-state index in [-0.39, 0.29) is 28.6 Å². The molecule has 0 aliphatic rings. The van der Waals surface area contributed by atoms with E-state index in [1.165, 1.54) is 30.6 Å². The number of sulfonamides is 1. The van der Waals surface area contributed by atoms with Crippen LogP contribution >= 0.6 is 11.3 Å². The summed E-state index contributed by atoms with van der Waals surface area (Å²) in [4.78, 5) is 14.4. The molecule has 0 aliphatic heterocycles. The maximum atomic E-state index is 13.4. The van der Waals surface area contributed by atoms with Crippen molar-refractivity contribution in [3.63, 3.8) is 0 Å². The molecule has 2 aromatic carbocycles. The maximum Gasteiger partial charge on any atom is 0.273 e. The van der Waals surface area contributed by atoms with Crippen molar-refractivity contribution in [2.75, 3.05) is 11.4 Å². The maximum absolute atomic E-state index is 13.4. The van der Waals surface area contributed by atoms with Crippen molar-refractivity contribution in [3.8, 4) is 5.75 Å². The van der Waals surface area contributed by atoms with Crippen LogP contribution in [0, 0.1) is 22.9 Å². The first-order valence-electron chi connectivity index (χ1n) is 8.24. The van der Waals surface area contributed by atoms with Crippen LogP contribution in [-0.4, -0.2) is 25.4 Å². The molecule has 3 aromatic rings. The molecule has 0 amide bonds. The smallest absolute Gasteiger partial charge is 0.273 e. The van der Waals surface area contributed by atoms with Crippen molar-refractivity contribution in [3.05, 3.63) is 74.5 Å². The van der Waals surface area contributed by atoms with Gasteiger partial charge in [0.05, 0.1) is 41.0 Å². The standard InChI is InChI=1S/C18H16FN3O5S2/c1-12-20-14(11-28-12)10-21(15-5-3-13(19)4-6-15)29(25,26)18-8-7-16(22(23)24)9-17(18)27-2/h3-9,11H,10H2,1-2H3. The van der Waals surface area contributed by atoms with Gasteiger partial charge in [-0.15, -0.1) is 11.3 Å². The zero-order valence-electron chi connectivity index (χ0n) is 15.4. The number of aromatic nitrogens is 1. The monoisotopic (exact) mass is 437 g/mol. The van der Waals surface area contributed by atoms with Crippen molar-refractivity contribution in [2.24, 2.45) is 0 Å². The lowest BCUT2D eigenvalue weighted by molar-refractivity contribution is -0.385. The second-order valence-electron chi connectivity index (χ2n) is 5.94. The highest BCUT2D eigenvalue weighted by atomic mass is 32.2. The van der Waals surface area contributed by atoms with E-state index in [1.54, 1.807) is 12.3 Å². The summed E-state index contributed by atoms with van der Waals surface area (Å²) in [5, 5.41) is 13.5. The van der Waals surface area contributed by atoms with E-state index in [4.69, 9.17) is 4.74 Å². The Labute approximate surface area is 170 Å². The normalized spacial score (nSPS) is 11.3. The molecule has 0 saturated heterocycles. The fourth-order valence-corrected chi connectivity index (χ4v) is 4.83. The van der Waals surface area contributed by atoms with Crippen molar-refractivity contribution >= 4 is 32.7 Å². The minimum Gasteiger partial charge on any atom is -0.495 e. The van der Waals surface area contributed by atoms with Crippen LogP contribution in [0.3, 0.4) is 0 Å². The van der Waals surface area contributed by atoms with Gasteiger partial charge < -0.3 is 4.74 Å². The van der Waals surface area contributed by atoms with E-state index in [1.807, 2.05) is 0 Å². The van der Waals surface area contributed by atoms with Crippen molar-refractivity contribution in [2.45, 2.75) is 18.4 Å². The van der Waals surface area contributed by atoms with Gasteiger partial charge in [-0.05, 0) is 37.3 Å². The number of hydrogen-bond acceptors (Lipinski definition) is 7. The molecule has 29 heavy (non-hydrogen) atoms. The van der Waals surface area contributed by atoms with Gasteiger partial charge in [0.25, 0.3) is 15.7 Å². The zero-order chi connectivity index (χ0) is 21.2. The number of aryl methyl sites for hydroxylation is 1. The van der Waals surface area contributed by atoms with E-state index in [0.717, 1.165) is 39.6 Å². The van der Waals surface area contributed by atoms with Crippen LogP contribution in [-0.2, 0) is 16.6 Å². The number of hydrogen-bond donors (Lipinski definition) is 0. The molecular formula is C18H16FN3O5S2. The van der Waals surface area contributed by atoms with Gasteiger partial charge in [0.15, 0.2) is 0 Å². The molecule has 0 aliphatic carbocycles. The number of thiazole rings is 1. The number of nitro groups is 1. The number of anilines is 1. The minimum atomic E-state index is -4.21. The third-order valence-corrected chi connectivity index (χ3v) is 6.65. The van der Waals surface area contributed by atoms with Gasteiger partial charge in [-0.1, -0.05) is 0 Å². The highest BCUT2D eigenvalue weighted by Crippen LogP contribution is 2.34. The number of nitrogens with zero attached hydrogens (tertiary/aromatic N) is 3. The topological polar surface area (TPSA) is 103 Å². The number of ether oxygens (including phenoxy) is 1. The number of halogens is 1. The Kier molecular flexibility index (Phi) is 5.80. The first kappa shape index (κ1) is 20.7. The molecular weight excluding hydrogens is 421 g/mol. The van der Waals surface area contributed by atoms with Crippen LogP contribution in [0.15, 0.2) is 52.7 Å². The molecule has 1 aromatic heterocycles. The summed E-state index contributed by atoms with van der Waals surface area (Å²) in [5.41, 5.74) is 0.433. The van der Waals surface area contributed by atoms with E-state index >= 15 is 0 Å². The van der Waals surface area contributed by atoms with Crippen molar-refractivity contribution < 1.29 is 22.5 Å². The Morgan fingerprint density at radius 2 is 1.93 bits per heavy atom. The summed E-state index contributed by atoms with van der Waals surface area (Å²) in [6.07, 6.45) is 0. The average Bonchev–Trinajstić information content (AvgIpc) is 3.11. The molecule has 0 atom stereocenters. The summed E-state index contributed by atoms with van der Waals surface area (Å²) in [7, 11) is -2.99. The summed E-state index contributed by atoms with van der Waals surface area (Å²) in [5.74, 6) is -0.677. The van der Waals surface area contributed by atoms with Gasteiger partial charge in [0, 0.05) is 11.4 Å². The zero-order valence-corrected chi connectivity index (χ0v) is 17.0. The summed E-state index contributed by atoms with van der Waals surface area (Å²) >= 11 is 1.37. The molecule has 0 bridgehead atoms. The van der Waals surface area contributed by atoms with Crippen molar-refractivity contribution in [1.29, 1.82) is 0 Å². The van der Waals surface area contributed by atoms with Gasteiger partial charge in [0.1, 0.15) is 16.5 Å². The Morgan fingerprint density at radius 1 is 1.24 bits per heavy atom. The highest BCUT2D eigenvalue weighted by molar-refractivity contribution is 7.92. The molecule has 0 fully saturated rings. The number of rotatable bonds is 7. The van der Waals surface area contributed by atoms with Crippen LogP contribution in [0.2, 0.25) is 0 Å². The largest absolute Gasteiger partial charge is 0.495 e. The van der Waals surface area contributed by atoms with Crippen LogP contribution in [0.25, 0.3) is 0 Å². The van der Waals surface area contributed by atoms with Crippen LogP contribution < -0.4 is 9.04 Å². The third kappa shape index (κ3) is 4.35. The predicted molar refractivity (Wildman–Crippen MR) is 106 cm³/mol. The fraction of sp³-hybridized carbons (Fsp3) is 0.167. The Morgan fingerprint density at radius 3 is 2.48 bits per heavy atom. The van der Waals surface area contributed by atoms with Crippen LogP contribution in [0.4, 0.5) is 15.8 Å². The second kappa shape index (κ2) is 8.13. The Hall–Kier alpha value is -3.05. The van der Waals surface area contributed by atoms with E-state index in [9.17, 15) is 22.9 Å². The van der Waals surface area contributed by atoms with Gasteiger partial charge in [0.2, 0.25) is 0 Å². The van der Waals surface area contributed by atoms with E-state index in [2.05, 4.69) is 4.98 Å². The van der Waals surface area contributed by atoms with Gasteiger partial charge >= 0.3 is 0 Å². The molecule has 3 rings (SSSR count). The first-order chi connectivity index (χ1) is 13.7. The predicted octanol–water partition coefficient (Wildman–Crippen LogP) is 3.90. The van der Waals surface area contributed by atoms with Crippen LogP contribution in [0.5, 0.6) is 5.75 Å². The summed E-state index contributed by atoms with van der Waals surface area (Å²) in [6.45, 7) is 1.70. The second-order valence-corrected chi connectivity index (χ2v) is 8.83. The number of nitro benzene ring substituents is 1. The summed E-state index contributed by atoms with van der Waals surface area (Å²) in [6, 6.07) is 8.23. The van der Waals surface area contributed by atoms with Gasteiger partial charge in [-0.3, -0.25) is 14.4 Å². The number of non-ortho nitro benzene ring substituents is 1. The molecule has 152 valence electrons. The highest BCUT2D eigenvalue weighted by Gasteiger charge is 2.30. The fourth-order valence-electron chi connectivity index (χ4n) is 2.65.